The summed E-state index contributed by atoms with van der Waals surface area (Å²) >= 11 is 12.8. The molecule has 0 bridgehead atoms. The van der Waals surface area contributed by atoms with E-state index in [1.54, 1.807) is 29.6 Å². The Labute approximate surface area is 175 Å². The van der Waals surface area contributed by atoms with Gasteiger partial charge in [0.05, 0.1) is 0 Å². The van der Waals surface area contributed by atoms with Gasteiger partial charge in [0.2, 0.25) is 0 Å². The van der Waals surface area contributed by atoms with E-state index in [0.29, 0.717) is 33.8 Å². The third-order valence-corrected chi connectivity index (χ3v) is 4.93. The van der Waals surface area contributed by atoms with Crippen LogP contribution < -0.4 is 16.0 Å². The van der Waals surface area contributed by atoms with Crippen LogP contribution in [0.15, 0.2) is 53.9 Å². The highest BCUT2D eigenvalue weighted by Crippen LogP contribution is 2.17. The number of carbonyl (C=O) groups is 2. The molecule has 28 heavy (non-hydrogen) atoms. The Kier molecular flexibility index (Phi) is 6.86. The third-order valence-electron chi connectivity index (χ3n) is 3.67. The Hall–Kier alpha value is -2.61. The molecule has 0 aliphatic rings. The second-order valence-corrected chi connectivity index (χ2v) is 7.49. The molecule has 1 aromatic heterocycles. The van der Waals surface area contributed by atoms with Gasteiger partial charge in [-0.3, -0.25) is 10.1 Å². The summed E-state index contributed by atoms with van der Waals surface area (Å²) < 4.78 is 0. The van der Waals surface area contributed by atoms with Gasteiger partial charge in [-0.25, -0.2) is 9.78 Å². The van der Waals surface area contributed by atoms with Crippen molar-refractivity contribution in [2.45, 2.75) is 6.42 Å². The molecule has 6 nitrogen and oxygen atoms in total. The minimum absolute atomic E-state index is 0.253. The molecule has 0 saturated carbocycles. The molecule has 0 radical (unpaired) electrons. The fourth-order valence-electron chi connectivity index (χ4n) is 2.29. The maximum absolute atomic E-state index is 12.2. The number of nitrogens with one attached hydrogen (secondary N) is 3. The van der Waals surface area contributed by atoms with Crippen LogP contribution >= 0.6 is 34.5 Å². The van der Waals surface area contributed by atoms with Gasteiger partial charge >= 0.3 is 6.03 Å². The Morgan fingerprint density at radius 1 is 0.929 bits per heavy atom. The van der Waals surface area contributed by atoms with Gasteiger partial charge in [0.1, 0.15) is 5.69 Å². The quantitative estimate of drug-likeness (QED) is 0.506. The lowest BCUT2D eigenvalue weighted by atomic mass is 10.1. The number of thiazole rings is 1. The minimum atomic E-state index is -0.452. The van der Waals surface area contributed by atoms with E-state index in [4.69, 9.17) is 23.2 Å². The molecule has 2 aromatic carbocycles. The lowest BCUT2D eigenvalue weighted by Crippen LogP contribution is -2.26. The number of benzene rings is 2. The molecule has 3 N–H and O–H groups in total. The summed E-state index contributed by atoms with van der Waals surface area (Å²) in [7, 11) is 0. The summed E-state index contributed by atoms with van der Waals surface area (Å²) in [5.74, 6) is -0.295. The second-order valence-electron chi connectivity index (χ2n) is 5.76. The largest absolute Gasteiger partial charge is 0.350 e. The molecule has 0 atom stereocenters. The van der Waals surface area contributed by atoms with Crippen molar-refractivity contribution in [2.24, 2.45) is 0 Å². The molecule has 3 rings (SSSR count). The molecular formula is C19H16Cl2N4O2S. The average molecular weight is 435 g/mol. The number of halogens is 2. The molecule has 3 aromatic rings. The number of hydrogen-bond acceptors (Lipinski definition) is 4. The lowest BCUT2D eigenvalue weighted by molar-refractivity contribution is 0.0950. The van der Waals surface area contributed by atoms with E-state index in [1.807, 2.05) is 24.3 Å². The zero-order chi connectivity index (χ0) is 19.9. The number of aromatic nitrogens is 1. The summed E-state index contributed by atoms with van der Waals surface area (Å²) in [4.78, 5) is 28.3. The standard InChI is InChI=1S/C19H16Cl2N4O2S/c20-13-3-1-12(2-4-13)9-10-22-17(26)16-11-28-19(24-16)25-18(27)23-15-7-5-14(21)6-8-15/h1-8,11H,9-10H2,(H,22,26)(H2,23,24,25,27). The molecule has 3 amide bonds. The van der Waals surface area contributed by atoms with E-state index in [1.165, 1.54) is 11.3 Å². The van der Waals surface area contributed by atoms with Crippen molar-refractivity contribution < 1.29 is 9.59 Å². The van der Waals surface area contributed by atoms with Crippen LogP contribution in [0.2, 0.25) is 10.0 Å². The zero-order valence-electron chi connectivity index (χ0n) is 14.5. The van der Waals surface area contributed by atoms with Crippen LogP contribution in [-0.2, 0) is 6.42 Å². The first-order chi connectivity index (χ1) is 13.5. The molecule has 0 fully saturated rings. The Morgan fingerprint density at radius 2 is 1.57 bits per heavy atom. The number of hydrogen-bond donors (Lipinski definition) is 3. The highest BCUT2D eigenvalue weighted by molar-refractivity contribution is 7.14. The van der Waals surface area contributed by atoms with Crippen molar-refractivity contribution in [1.82, 2.24) is 10.3 Å². The summed E-state index contributed by atoms with van der Waals surface area (Å²) in [5.41, 5.74) is 1.92. The number of amides is 3. The minimum Gasteiger partial charge on any atom is -0.350 e. The summed E-state index contributed by atoms with van der Waals surface area (Å²) in [5, 5.41) is 11.2. The van der Waals surface area contributed by atoms with Crippen LogP contribution in [0, 0.1) is 0 Å². The number of carbonyl (C=O) groups excluding carboxylic acids is 2. The van der Waals surface area contributed by atoms with Gasteiger partial charge in [-0.15, -0.1) is 11.3 Å². The van der Waals surface area contributed by atoms with Crippen LogP contribution in [0.1, 0.15) is 16.1 Å². The number of nitrogens with zero attached hydrogens (tertiary/aromatic N) is 1. The topological polar surface area (TPSA) is 83.1 Å². The molecular weight excluding hydrogens is 419 g/mol. The average Bonchev–Trinajstić information content (AvgIpc) is 3.13. The van der Waals surface area contributed by atoms with Crippen LogP contribution in [0.3, 0.4) is 0 Å². The van der Waals surface area contributed by atoms with Crippen molar-refractivity contribution >= 4 is 57.3 Å². The van der Waals surface area contributed by atoms with Gasteiger partial charge < -0.3 is 10.6 Å². The van der Waals surface area contributed by atoms with Crippen molar-refractivity contribution in [3.63, 3.8) is 0 Å². The lowest BCUT2D eigenvalue weighted by Gasteiger charge is -2.05. The molecule has 0 unspecified atom stereocenters. The number of rotatable bonds is 6. The van der Waals surface area contributed by atoms with Gasteiger partial charge in [0, 0.05) is 27.7 Å². The van der Waals surface area contributed by atoms with Crippen LogP contribution in [0.4, 0.5) is 15.6 Å². The summed E-state index contributed by atoms with van der Waals surface area (Å²) in [6.07, 6.45) is 0.682. The van der Waals surface area contributed by atoms with E-state index >= 15 is 0 Å². The van der Waals surface area contributed by atoms with Crippen LogP contribution in [0.25, 0.3) is 0 Å². The molecule has 144 valence electrons. The number of urea groups is 1. The van der Waals surface area contributed by atoms with Crippen molar-refractivity contribution in [3.05, 3.63) is 75.2 Å². The van der Waals surface area contributed by atoms with Gasteiger partial charge in [0.15, 0.2) is 5.13 Å². The second kappa shape index (κ2) is 9.54. The van der Waals surface area contributed by atoms with Gasteiger partial charge in [-0.2, -0.15) is 0 Å². The first-order valence-electron chi connectivity index (χ1n) is 8.31. The third kappa shape index (κ3) is 5.95. The predicted molar refractivity (Wildman–Crippen MR) is 114 cm³/mol. The zero-order valence-corrected chi connectivity index (χ0v) is 16.9. The predicted octanol–water partition coefficient (Wildman–Crippen LogP) is 5.07. The molecule has 0 aliphatic heterocycles. The van der Waals surface area contributed by atoms with Gasteiger partial charge in [-0.1, -0.05) is 35.3 Å². The van der Waals surface area contributed by atoms with E-state index in [-0.39, 0.29) is 11.6 Å². The Bertz CT molecular complexity index is 959. The highest BCUT2D eigenvalue weighted by atomic mass is 35.5. The molecule has 0 aliphatic carbocycles. The van der Waals surface area contributed by atoms with Gasteiger partial charge in [-0.05, 0) is 48.4 Å². The maximum Gasteiger partial charge on any atom is 0.325 e. The first kappa shape index (κ1) is 20.1. The summed E-state index contributed by atoms with van der Waals surface area (Å²) in [6, 6.07) is 13.7. The SMILES string of the molecule is O=C(Nc1ccc(Cl)cc1)Nc1nc(C(=O)NCCc2ccc(Cl)cc2)cs1. The molecule has 0 spiro atoms. The van der Waals surface area contributed by atoms with E-state index < -0.39 is 6.03 Å². The van der Waals surface area contributed by atoms with Crippen molar-refractivity contribution in [2.75, 3.05) is 17.2 Å². The normalized spacial score (nSPS) is 10.4. The van der Waals surface area contributed by atoms with Crippen molar-refractivity contribution in [3.8, 4) is 0 Å². The smallest absolute Gasteiger partial charge is 0.325 e. The maximum atomic E-state index is 12.2. The highest BCUT2D eigenvalue weighted by Gasteiger charge is 2.12. The van der Waals surface area contributed by atoms with Gasteiger partial charge in [0.25, 0.3) is 5.91 Å². The molecule has 1 heterocycles. The Morgan fingerprint density at radius 3 is 2.25 bits per heavy atom. The van der Waals surface area contributed by atoms with E-state index in [0.717, 1.165) is 5.56 Å². The Balaban J connectivity index is 1.47. The fraction of sp³-hybridized carbons (Fsp3) is 0.105. The van der Waals surface area contributed by atoms with Crippen LogP contribution in [0.5, 0.6) is 0 Å². The van der Waals surface area contributed by atoms with Crippen molar-refractivity contribution in [1.29, 1.82) is 0 Å². The molecule has 0 saturated heterocycles. The first-order valence-corrected chi connectivity index (χ1v) is 9.95. The van der Waals surface area contributed by atoms with Crippen LogP contribution in [-0.4, -0.2) is 23.5 Å². The summed E-state index contributed by atoms with van der Waals surface area (Å²) in [6.45, 7) is 0.470. The number of anilines is 2. The molecule has 9 heteroatoms. The fourth-order valence-corrected chi connectivity index (χ4v) is 3.23. The van der Waals surface area contributed by atoms with E-state index in [2.05, 4.69) is 20.9 Å². The monoisotopic (exact) mass is 434 g/mol. The van der Waals surface area contributed by atoms with E-state index in [9.17, 15) is 9.59 Å².